The Morgan fingerprint density at radius 2 is 2.16 bits per heavy atom. The quantitative estimate of drug-likeness (QED) is 0.853. The third-order valence-electron chi connectivity index (χ3n) is 2.81. The van der Waals surface area contributed by atoms with E-state index in [0.717, 1.165) is 23.4 Å². The molecule has 4 heteroatoms. The number of rotatable bonds is 4. The number of H-pyrrole nitrogens is 1. The molecule has 3 nitrogen and oxygen atoms in total. The van der Waals surface area contributed by atoms with Crippen LogP contribution in [0.1, 0.15) is 26.0 Å². The van der Waals surface area contributed by atoms with E-state index in [2.05, 4.69) is 10.2 Å². The number of allylic oxidation sites excluding steroid dienone is 2. The molecule has 0 spiro atoms. The molecule has 0 aliphatic heterocycles. The van der Waals surface area contributed by atoms with Crippen molar-refractivity contribution < 1.29 is 4.79 Å². The molecule has 0 aliphatic rings. The van der Waals surface area contributed by atoms with Gasteiger partial charge >= 0.3 is 0 Å². The summed E-state index contributed by atoms with van der Waals surface area (Å²) in [5.41, 5.74) is 2.98. The molecule has 98 valence electrons. The van der Waals surface area contributed by atoms with E-state index >= 15 is 0 Å². The van der Waals surface area contributed by atoms with Crippen molar-refractivity contribution in [3.05, 3.63) is 47.1 Å². The minimum Gasteiger partial charge on any atom is -0.294 e. The summed E-state index contributed by atoms with van der Waals surface area (Å²) in [5, 5.41) is 7.77. The molecule has 1 aromatic heterocycles. The van der Waals surface area contributed by atoms with Gasteiger partial charge in [-0.1, -0.05) is 42.8 Å². The molecular formula is C15H15ClN2O. The molecule has 0 bridgehead atoms. The number of ketones is 1. The van der Waals surface area contributed by atoms with Gasteiger partial charge in [-0.05, 0) is 25.5 Å². The van der Waals surface area contributed by atoms with E-state index in [-0.39, 0.29) is 5.78 Å². The largest absolute Gasteiger partial charge is 0.294 e. The summed E-state index contributed by atoms with van der Waals surface area (Å²) >= 11 is 6.14. The van der Waals surface area contributed by atoms with Crippen LogP contribution in [-0.4, -0.2) is 16.0 Å². The van der Waals surface area contributed by atoms with Gasteiger partial charge in [-0.15, -0.1) is 0 Å². The van der Waals surface area contributed by atoms with E-state index in [1.54, 1.807) is 6.92 Å². The van der Waals surface area contributed by atoms with Crippen molar-refractivity contribution >= 4 is 23.0 Å². The zero-order valence-electron chi connectivity index (χ0n) is 10.9. The number of carbonyl (C=O) groups is 1. The van der Waals surface area contributed by atoms with Crippen molar-refractivity contribution in [2.45, 2.75) is 20.3 Å². The van der Waals surface area contributed by atoms with Gasteiger partial charge in [0.15, 0.2) is 5.78 Å². The Morgan fingerprint density at radius 1 is 1.42 bits per heavy atom. The number of carbonyl (C=O) groups excluding carboxylic acids is 1. The fraction of sp³-hybridized carbons (Fsp3) is 0.200. The fourth-order valence-electron chi connectivity index (χ4n) is 1.91. The Kier molecular flexibility index (Phi) is 4.17. The number of Topliss-reactive ketones (excluding diaryl/α,β-unsaturated/α-hetero) is 1. The smallest absolute Gasteiger partial charge is 0.161 e. The van der Waals surface area contributed by atoms with Gasteiger partial charge in [0.1, 0.15) is 0 Å². The molecular weight excluding hydrogens is 260 g/mol. The summed E-state index contributed by atoms with van der Waals surface area (Å²) in [6, 6.07) is 9.35. The van der Waals surface area contributed by atoms with Crippen molar-refractivity contribution in [1.82, 2.24) is 10.2 Å². The van der Waals surface area contributed by atoms with E-state index < -0.39 is 0 Å². The van der Waals surface area contributed by atoms with E-state index in [0.29, 0.717) is 10.6 Å². The molecule has 1 N–H and O–H groups in total. The lowest BCUT2D eigenvalue weighted by Gasteiger charge is -1.99. The highest BCUT2D eigenvalue weighted by Crippen LogP contribution is 2.27. The minimum absolute atomic E-state index is 0.0243. The monoisotopic (exact) mass is 274 g/mol. The molecule has 19 heavy (non-hydrogen) atoms. The van der Waals surface area contributed by atoms with Crippen LogP contribution in [0.25, 0.3) is 16.8 Å². The maximum Gasteiger partial charge on any atom is 0.161 e. The first kappa shape index (κ1) is 13.6. The molecule has 0 saturated heterocycles. The summed E-state index contributed by atoms with van der Waals surface area (Å²) in [5.74, 6) is 0.0243. The number of aromatic nitrogens is 2. The highest BCUT2D eigenvalue weighted by atomic mass is 35.5. The zero-order chi connectivity index (χ0) is 13.8. The number of hydrogen-bond donors (Lipinski definition) is 1. The minimum atomic E-state index is 0.0243. The molecule has 2 aromatic rings. The Labute approximate surface area is 117 Å². The summed E-state index contributed by atoms with van der Waals surface area (Å²) in [4.78, 5) is 11.6. The van der Waals surface area contributed by atoms with Gasteiger partial charge in [0, 0.05) is 11.1 Å². The van der Waals surface area contributed by atoms with Crippen molar-refractivity contribution in [3.8, 4) is 11.3 Å². The summed E-state index contributed by atoms with van der Waals surface area (Å²) in [6.07, 6.45) is 2.70. The maximum absolute atomic E-state index is 11.6. The molecule has 0 amide bonds. The highest BCUT2D eigenvalue weighted by molar-refractivity contribution is 6.33. The van der Waals surface area contributed by atoms with Gasteiger partial charge in [-0.25, -0.2) is 0 Å². The number of hydrogen-bond acceptors (Lipinski definition) is 2. The van der Waals surface area contributed by atoms with Crippen LogP contribution in [0, 0.1) is 0 Å². The number of aromatic amines is 1. The molecule has 2 rings (SSSR count). The van der Waals surface area contributed by atoms with Gasteiger partial charge in [0.25, 0.3) is 0 Å². The van der Waals surface area contributed by atoms with Gasteiger partial charge in [0.05, 0.1) is 16.4 Å². The molecule has 0 saturated carbocycles. The second-order valence-electron chi connectivity index (χ2n) is 4.23. The van der Waals surface area contributed by atoms with Crippen LogP contribution < -0.4 is 0 Å². The van der Waals surface area contributed by atoms with Crippen molar-refractivity contribution in [1.29, 1.82) is 0 Å². The predicted molar refractivity (Wildman–Crippen MR) is 78.0 cm³/mol. The van der Waals surface area contributed by atoms with Crippen LogP contribution in [0.2, 0.25) is 5.02 Å². The van der Waals surface area contributed by atoms with Crippen LogP contribution in [-0.2, 0) is 4.79 Å². The Balaban J connectivity index is 2.42. The topological polar surface area (TPSA) is 45.8 Å². The van der Waals surface area contributed by atoms with Crippen molar-refractivity contribution in [3.63, 3.8) is 0 Å². The van der Waals surface area contributed by atoms with E-state index in [4.69, 9.17) is 11.6 Å². The number of nitrogens with zero attached hydrogens (tertiary/aromatic N) is 1. The average molecular weight is 275 g/mol. The van der Waals surface area contributed by atoms with E-state index in [1.807, 2.05) is 43.3 Å². The van der Waals surface area contributed by atoms with Crippen molar-refractivity contribution in [2.24, 2.45) is 0 Å². The predicted octanol–water partition coefficient (Wildman–Crippen LogP) is 4.11. The van der Waals surface area contributed by atoms with E-state index in [9.17, 15) is 4.79 Å². The molecule has 0 atom stereocenters. The zero-order valence-corrected chi connectivity index (χ0v) is 11.7. The Bertz CT molecular complexity index is 629. The van der Waals surface area contributed by atoms with Gasteiger partial charge in [0.2, 0.25) is 0 Å². The fourth-order valence-corrected chi connectivity index (χ4v) is 2.15. The third kappa shape index (κ3) is 2.93. The first-order valence-electron chi connectivity index (χ1n) is 6.15. The summed E-state index contributed by atoms with van der Waals surface area (Å²) < 4.78 is 0. The molecule has 0 fully saturated rings. The molecule has 0 aliphatic carbocycles. The Morgan fingerprint density at radius 3 is 2.79 bits per heavy atom. The normalized spacial score (nSPS) is 11.6. The lowest BCUT2D eigenvalue weighted by molar-refractivity contribution is -0.111. The van der Waals surface area contributed by atoms with Crippen LogP contribution in [0.15, 0.2) is 36.4 Å². The highest BCUT2D eigenvalue weighted by Gasteiger charge is 2.12. The van der Waals surface area contributed by atoms with Crippen LogP contribution in [0.4, 0.5) is 0 Å². The lowest BCUT2D eigenvalue weighted by atomic mass is 10.1. The standard InChI is InChI=1S/C15H15ClN2O/c1-3-6-11(10(2)19)14-9-15(18-17-14)12-7-4-5-8-13(12)16/h4-9H,3H2,1-2H3,(H,17,18)/b11-6+. The first-order valence-corrected chi connectivity index (χ1v) is 6.53. The number of benzene rings is 1. The van der Waals surface area contributed by atoms with E-state index in [1.165, 1.54) is 0 Å². The van der Waals surface area contributed by atoms with Crippen LogP contribution in [0.3, 0.4) is 0 Å². The summed E-state index contributed by atoms with van der Waals surface area (Å²) in [7, 11) is 0. The maximum atomic E-state index is 11.6. The molecule has 0 unspecified atom stereocenters. The van der Waals surface area contributed by atoms with Gasteiger partial charge in [-0.3, -0.25) is 9.89 Å². The number of halogens is 1. The Hall–Kier alpha value is -1.87. The number of nitrogens with one attached hydrogen (secondary N) is 1. The third-order valence-corrected chi connectivity index (χ3v) is 3.13. The molecule has 1 heterocycles. The average Bonchev–Trinajstić information content (AvgIpc) is 2.85. The second kappa shape index (κ2) is 5.85. The molecule has 1 aromatic carbocycles. The van der Waals surface area contributed by atoms with Gasteiger partial charge in [-0.2, -0.15) is 5.10 Å². The molecule has 0 radical (unpaired) electrons. The van der Waals surface area contributed by atoms with Crippen LogP contribution >= 0.6 is 11.6 Å². The van der Waals surface area contributed by atoms with Crippen molar-refractivity contribution in [2.75, 3.05) is 0 Å². The SMILES string of the molecule is CC/C=C(\C(C)=O)c1cc(-c2ccccc2Cl)n[nH]1. The first-order chi connectivity index (χ1) is 9.13. The van der Waals surface area contributed by atoms with Gasteiger partial charge < -0.3 is 0 Å². The summed E-state index contributed by atoms with van der Waals surface area (Å²) in [6.45, 7) is 3.55. The second-order valence-corrected chi connectivity index (χ2v) is 4.64. The van der Waals surface area contributed by atoms with Crippen LogP contribution in [0.5, 0.6) is 0 Å². The lowest BCUT2D eigenvalue weighted by Crippen LogP contribution is -1.96.